The SMILES string of the molecule is CN(C)C(=O)CCn1ccc2c(CN)cccc21. The largest absolute Gasteiger partial charge is 0.349 e. The third-order valence-electron chi connectivity index (χ3n) is 3.19. The molecule has 0 aliphatic carbocycles. The maximum atomic E-state index is 11.6. The maximum Gasteiger partial charge on any atom is 0.223 e. The van der Waals surface area contributed by atoms with E-state index in [2.05, 4.69) is 16.7 Å². The fraction of sp³-hybridized carbons (Fsp3) is 0.357. The number of hydrogen-bond acceptors (Lipinski definition) is 2. The van der Waals surface area contributed by atoms with Crippen molar-refractivity contribution in [2.75, 3.05) is 14.1 Å². The molecule has 96 valence electrons. The van der Waals surface area contributed by atoms with E-state index in [1.54, 1.807) is 19.0 Å². The molecule has 2 aromatic rings. The van der Waals surface area contributed by atoms with Crippen LogP contribution in [0.3, 0.4) is 0 Å². The Kier molecular flexibility index (Phi) is 3.67. The van der Waals surface area contributed by atoms with Crippen molar-refractivity contribution in [1.82, 2.24) is 9.47 Å². The van der Waals surface area contributed by atoms with Crippen molar-refractivity contribution in [1.29, 1.82) is 0 Å². The second-order valence-corrected chi connectivity index (χ2v) is 4.60. The number of hydrogen-bond donors (Lipinski definition) is 1. The lowest BCUT2D eigenvalue weighted by molar-refractivity contribution is -0.128. The Balaban J connectivity index is 2.22. The number of amides is 1. The quantitative estimate of drug-likeness (QED) is 0.889. The van der Waals surface area contributed by atoms with Crippen molar-refractivity contribution in [3.63, 3.8) is 0 Å². The van der Waals surface area contributed by atoms with E-state index in [-0.39, 0.29) is 5.91 Å². The molecule has 0 fully saturated rings. The molecule has 0 aliphatic rings. The zero-order chi connectivity index (χ0) is 13.1. The van der Waals surface area contributed by atoms with Gasteiger partial charge in [-0.25, -0.2) is 0 Å². The topological polar surface area (TPSA) is 51.3 Å². The zero-order valence-corrected chi connectivity index (χ0v) is 10.9. The maximum absolute atomic E-state index is 11.6. The molecule has 18 heavy (non-hydrogen) atoms. The highest BCUT2D eigenvalue weighted by Gasteiger charge is 2.07. The molecule has 1 aromatic carbocycles. The van der Waals surface area contributed by atoms with Crippen molar-refractivity contribution in [3.05, 3.63) is 36.0 Å². The van der Waals surface area contributed by atoms with E-state index in [0.29, 0.717) is 19.5 Å². The number of aromatic nitrogens is 1. The average Bonchev–Trinajstić information content (AvgIpc) is 2.78. The predicted octanol–water partition coefficient (Wildman–Crippen LogP) is 1.58. The summed E-state index contributed by atoms with van der Waals surface area (Å²) in [4.78, 5) is 13.2. The van der Waals surface area contributed by atoms with Crippen LogP contribution < -0.4 is 5.73 Å². The first-order valence-corrected chi connectivity index (χ1v) is 6.10. The minimum Gasteiger partial charge on any atom is -0.349 e. The van der Waals surface area contributed by atoms with Crippen LogP contribution in [-0.4, -0.2) is 29.5 Å². The number of fused-ring (bicyclic) bond motifs is 1. The number of carbonyl (C=O) groups is 1. The van der Waals surface area contributed by atoms with Gasteiger partial charge in [-0.1, -0.05) is 12.1 Å². The number of nitrogens with two attached hydrogens (primary N) is 1. The first-order valence-electron chi connectivity index (χ1n) is 6.10. The molecule has 0 unspecified atom stereocenters. The Morgan fingerprint density at radius 1 is 1.33 bits per heavy atom. The Morgan fingerprint density at radius 3 is 2.78 bits per heavy atom. The Morgan fingerprint density at radius 2 is 2.11 bits per heavy atom. The summed E-state index contributed by atoms with van der Waals surface area (Å²) in [6.45, 7) is 1.24. The van der Waals surface area contributed by atoms with Crippen LogP contribution in [0.5, 0.6) is 0 Å². The molecule has 0 saturated carbocycles. The van der Waals surface area contributed by atoms with E-state index in [0.717, 1.165) is 11.1 Å². The summed E-state index contributed by atoms with van der Waals surface area (Å²) in [5.74, 6) is 0.145. The highest BCUT2D eigenvalue weighted by molar-refractivity contribution is 5.84. The standard InChI is InChI=1S/C14H19N3O/c1-16(2)14(18)7-9-17-8-6-12-11(10-15)4-3-5-13(12)17/h3-6,8H,7,9-10,15H2,1-2H3. The van der Waals surface area contributed by atoms with Crippen LogP contribution in [0.4, 0.5) is 0 Å². The smallest absolute Gasteiger partial charge is 0.223 e. The lowest BCUT2D eigenvalue weighted by atomic mass is 10.1. The van der Waals surface area contributed by atoms with Gasteiger partial charge < -0.3 is 15.2 Å². The zero-order valence-electron chi connectivity index (χ0n) is 10.9. The second kappa shape index (κ2) is 5.23. The minimum atomic E-state index is 0.145. The van der Waals surface area contributed by atoms with Gasteiger partial charge in [-0.3, -0.25) is 4.79 Å². The van der Waals surface area contributed by atoms with Crippen LogP contribution in [0, 0.1) is 0 Å². The third kappa shape index (κ3) is 2.38. The summed E-state index contributed by atoms with van der Waals surface area (Å²) in [5.41, 5.74) is 8.00. The summed E-state index contributed by atoms with van der Waals surface area (Å²) in [5, 5.41) is 1.18. The molecule has 0 aliphatic heterocycles. The van der Waals surface area contributed by atoms with Crippen LogP contribution in [0.1, 0.15) is 12.0 Å². The molecule has 0 radical (unpaired) electrons. The summed E-state index contributed by atoms with van der Waals surface area (Å²) >= 11 is 0. The predicted molar refractivity (Wildman–Crippen MR) is 73.1 cm³/mol. The van der Waals surface area contributed by atoms with Gasteiger partial charge in [-0.15, -0.1) is 0 Å². The molecule has 4 nitrogen and oxygen atoms in total. The number of benzene rings is 1. The minimum absolute atomic E-state index is 0.145. The molecule has 0 saturated heterocycles. The molecule has 0 atom stereocenters. The number of rotatable bonds is 4. The number of aryl methyl sites for hydroxylation is 1. The Hall–Kier alpha value is -1.81. The van der Waals surface area contributed by atoms with Crippen molar-refractivity contribution < 1.29 is 4.79 Å². The van der Waals surface area contributed by atoms with Gasteiger partial charge in [0.1, 0.15) is 0 Å². The number of nitrogens with zero attached hydrogens (tertiary/aromatic N) is 2. The van der Waals surface area contributed by atoms with Crippen molar-refractivity contribution >= 4 is 16.8 Å². The Labute approximate surface area is 107 Å². The van der Waals surface area contributed by atoms with Crippen molar-refractivity contribution in [2.24, 2.45) is 5.73 Å². The molecule has 0 bridgehead atoms. The van der Waals surface area contributed by atoms with Gasteiger partial charge in [0.25, 0.3) is 0 Å². The summed E-state index contributed by atoms with van der Waals surface area (Å²) in [6.07, 6.45) is 2.54. The Bertz CT molecular complexity index is 557. The van der Waals surface area contributed by atoms with E-state index in [1.165, 1.54) is 5.39 Å². The van der Waals surface area contributed by atoms with Gasteiger partial charge in [0.2, 0.25) is 5.91 Å². The van der Waals surface area contributed by atoms with Crippen molar-refractivity contribution in [2.45, 2.75) is 19.5 Å². The van der Waals surface area contributed by atoms with E-state index < -0.39 is 0 Å². The van der Waals surface area contributed by atoms with E-state index in [9.17, 15) is 4.79 Å². The van der Waals surface area contributed by atoms with Crippen LogP contribution in [0.25, 0.3) is 10.9 Å². The molecule has 2 N–H and O–H groups in total. The lowest BCUT2D eigenvalue weighted by Crippen LogP contribution is -2.22. The summed E-state index contributed by atoms with van der Waals surface area (Å²) in [6, 6.07) is 8.18. The molecule has 4 heteroatoms. The van der Waals surface area contributed by atoms with Crippen LogP contribution in [0.2, 0.25) is 0 Å². The lowest BCUT2D eigenvalue weighted by Gasteiger charge is -2.11. The van der Waals surface area contributed by atoms with Crippen molar-refractivity contribution in [3.8, 4) is 0 Å². The summed E-state index contributed by atoms with van der Waals surface area (Å²) < 4.78 is 2.11. The van der Waals surface area contributed by atoms with E-state index >= 15 is 0 Å². The first-order chi connectivity index (χ1) is 8.63. The van der Waals surface area contributed by atoms with Crippen LogP contribution in [-0.2, 0) is 17.9 Å². The second-order valence-electron chi connectivity index (χ2n) is 4.60. The molecule has 2 rings (SSSR count). The molecule has 0 spiro atoms. The fourth-order valence-corrected chi connectivity index (χ4v) is 2.10. The van der Waals surface area contributed by atoms with E-state index in [1.807, 2.05) is 18.3 Å². The highest BCUT2D eigenvalue weighted by atomic mass is 16.2. The molecular weight excluding hydrogens is 226 g/mol. The molecule has 1 aromatic heterocycles. The fourth-order valence-electron chi connectivity index (χ4n) is 2.10. The number of carbonyl (C=O) groups excluding carboxylic acids is 1. The summed E-state index contributed by atoms with van der Waals surface area (Å²) in [7, 11) is 3.56. The molecule has 1 heterocycles. The monoisotopic (exact) mass is 245 g/mol. The van der Waals surface area contributed by atoms with Crippen LogP contribution in [0.15, 0.2) is 30.5 Å². The molecular formula is C14H19N3O. The van der Waals surface area contributed by atoms with Gasteiger partial charge in [0, 0.05) is 50.7 Å². The average molecular weight is 245 g/mol. The van der Waals surface area contributed by atoms with Gasteiger partial charge >= 0.3 is 0 Å². The van der Waals surface area contributed by atoms with Gasteiger partial charge in [0.05, 0.1) is 0 Å². The third-order valence-corrected chi connectivity index (χ3v) is 3.19. The van der Waals surface area contributed by atoms with E-state index in [4.69, 9.17) is 5.73 Å². The van der Waals surface area contributed by atoms with Gasteiger partial charge in [0.15, 0.2) is 0 Å². The molecule has 1 amide bonds. The van der Waals surface area contributed by atoms with Gasteiger partial charge in [-0.2, -0.15) is 0 Å². The normalized spacial score (nSPS) is 10.8. The highest BCUT2D eigenvalue weighted by Crippen LogP contribution is 2.20. The van der Waals surface area contributed by atoms with Gasteiger partial charge in [-0.05, 0) is 17.7 Å². The van der Waals surface area contributed by atoms with Crippen LogP contribution >= 0.6 is 0 Å². The first kappa shape index (κ1) is 12.6.